The number of aromatic nitrogens is 6. The average Bonchev–Trinajstić information content (AvgIpc) is 1.59. The molecule has 6 aromatic rings. The molecule has 34 heteroatoms. The topological polar surface area (TPSA) is 438 Å². The van der Waals surface area contributed by atoms with E-state index >= 15 is 0 Å². The van der Waals surface area contributed by atoms with E-state index in [-0.39, 0.29) is 192 Å². The zero-order chi connectivity index (χ0) is 74.3. The summed E-state index contributed by atoms with van der Waals surface area (Å²) in [4.78, 5) is 145. The first kappa shape index (κ1) is 80.6. The van der Waals surface area contributed by atoms with Crippen LogP contribution in [-0.4, -0.2) is 293 Å². The summed E-state index contributed by atoms with van der Waals surface area (Å²) in [5, 5.41) is 98.3. The predicted molar refractivity (Wildman–Crippen MR) is 373 cm³/mol. The number of aliphatic carboxylic acids is 4. The molecule has 4 aromatic carbocycles. The summed E-state index contributed by atoms with van der Waals surface area (Å²) in [5.41, 5.74) is 3.25. The van der Waals surface area contributed by atoms with Crippen LogP contribution in [0.1, 0.15) is 93.9 Å². The molecule has 3 saturated heterocycles. The van der Waals surface area contributed by atoms with Crippen LogP contribution in [0.4, 0.5) is 0 Å². The van der Waals surface area contributed by atoms with Gasteiger partial charge in [0.25, 0.3) is 0 Å². The first-order chi connectivity index (χ1) is 49.1. The van der Waals surface area contributed by atoms with Crippen LogP contribution in [-0.2, 0) is 51.4 Å². The Morgan fingerprint density at radius 2 is 0.846 bits per heavy atom. The zero-order valence-electron chi connectivity index (χ0n) is 58.4. The molecular formula is C70H91LuN15O18. The number of amides is 3. The van der Waals surface area contributed by atoms with Crippen molar-refractivity contribution in [2.75, 3.05) is 124 Å². The van der Waals surface area contributed by atoms with E-state index in [1.54, 1.807) is 51.1 Å². The van der Waals surface area contributed by atoms with Gasteiger partial charge < -0.3 is 56.0 Å². The van der Waals surface area contributed by atoms with Crippen molar-refractivity contribution < 1.29 is 116 Å². The van der Waals surface area contributed by atoms with E-state index in [4.69, 9.17) is 0 Å². The summed E-state index contributed by atoms with van der Waals surface area (Å²) in [7, 11) is 0. The van der Waals surface area contributed by atoms with E-state index in [9.17, 15) is 88.8 Å². The quantitative estimate of drug-likeness (QED) is 0.0333. The van der Waals surface area contributed by atoms with Gasteiger partial charge in [0.2, 0.25) is 17.7 Å². The molecule has 1 radical (unpaired) electrons. The van der Waals surface area contributed by atoms with Crippen molar-refractivity contribution in [1.29, 1.82) is 0 Å². The third-order valence-electron chi connectivity index (χ3n) is 19.0. The second-order valence-corrected chi connectivity index (χ2v) is 26.9. The van der Waals surface area contributed by atoms with Crippen molar-refractivity contribution in [3.63, 3.8) is 0 Å². The van der Waals surface area contributed by atoms with E-state index in [0.29, 0.717) is 74.9 Å². The van der Waals surface area contributed by atoms with Gasteiger partial charge in [0.1, 0.15) is 29.0 Å². The zero-order valence-corrected chi connectivity index (χ0v) is 60.1. The van der Waals surface area contributed by atoms with Gasteiger partial charge in [-0.1, -0.05) is 52.0 Å². The molecular weight excluding hydrogens is 1510 g/mol. The summed E-state index contributed by atoms with van der Waals surface area (Å²) >= 11 is 0. The fourth-order valence-electron chi connectivity index (χ4n) is 13.3. The SMILES string of the molecule is CC(C)c1cc(-c2n[nH]c(=O)n2-c2ccc(CN3CCN(C(=O)CCC(=O)[C@H](CC(=O)N4CCN(Cc5ccc(-n6c(-c7cc(C(C)C)c(O)cc7O)n[nH]c6=O)cc5)CC4)NC(=O)CC[C@H](C(=O)O)N4CCN(CC(=O)O)CCN(CC(=O)O)CCN(CC(=O)O)CC4)CC3)cc2)c(O)cc1O.[Lu]. The number of carbonyl (C=O) groups is 8. The summed E-state index contributed by atoms with van der Waals surface area (Å²) in [6.07, 6.45) is -1.86. The maximum atomic E-state index is 14.4. The number of carboxylic acids is 4. The largest absolute Gasteiger partial charge is 0.508 e. The van der Waals surface area contributed by atoms with E-state index in [2.05, 4.69) is 35.5 Å². The fraction of sp³-hybridized carbons (Fsp3) is 0.486. The summed E-state index contributed by atoms with van der Waals surface area (Å²) < 4.78 is 2.64. The molecule has 3 fully saturated rings. The van der Waals surface area contributed by atoms with Gasteiger partial charge in [0.05, 0.1) is 54.6 Å². The Hall–Kier alpha value is -9.09. The van der Waals surface area contributed by atoms with Crippen LogP contribution in [0.15, 0.2) is 82.4 Å². The van der Waals surface area contributed by atoms with Crippen molar-refractivity contribution >= 4 is 47.4 Å². The molecule has 5 heterocycles. The Morgan fingerprint density at radius 1 is 0.471 bits per heavy atom. The van der Waals surface area contributed by atoms with E-state index < -0.39 is 90.9 Å². The van der Waals surface area contributed by atoms with Gasteiger partial charge in [-0.2, -0.15) is 10.2 Å². The normalized spacial score (nSPS) is 16.5. The Kier molecular flexibility index (Phi) is 28.7. The average molecular weight is 1610 g/mol. The van der Waals surface area contributed by atoms with Crippen molar-refractivity contribution in [2.24, 2.45) is 0 Å². The van der Waals surface area contributed by atoms with E-state index in [0.717, 1.165) is 11.1 Å². The summed E-state index contributed by atoms with van der Waals surface area (Å²) in [5.74, 6) is -7.55. The number of rotatable bonds is 28. The first-order valence-corrected chi connectivity index (χ1v) is 34.4. The second kappa shape index (κ2) is 37.1. The van der Waals surface area contributed by atoms with Gasteiger partial charge in [-0.05, 0) is 76.9 Å². The number of phenolic OH excluding ortho intramolecular Hbond substituents is 4. The third-order valence-corrected chi connectivity index (χ3v) is 19.0. The Labute approximate surface area is 628 Å². The van der Waals surface area contributed by atoms with Gasteiger partial charge in [0, 0.05) is 186 Å². The number of aromatic hydroxyl groups is 4. The Bertz CT molecular complexity index is 4110. The van der Waals surface area contributed by atoms with E-state index in [1.165, 1.54) is 36.0 Å². The second-order valence-electron chi connectivity index (χ2n) is 26.9. The molecule has 104 heavy (non-hydrogen) atoms. The summed E-state index contributed by atoms with van der Waals surface area (Å²) in [6.45, 7) is 10.5. The van der Waals surface area contributed by atoms with Crippen molar-refractivity contribution in [2.45, 2.75) is 96.8 Å². The molecule has 3 amide bonds. The monoisotopic (exact) mass is 1600 g/mol. The Morgan fingerprint density at radius 3 is 1.22 bits per heavy atom. The number of benzene rings is 4. The van der Waals surface area contributed by atoms with Crippen LogP contribution in [0.2, 0.25) is 0 Å². The predicted octanol–water partition coefficient (Wildman–Crippen LogP) is 1.76. The fourth-order valence-corrected chi connectivity index (χ4v) is 13.3. The standard InChI is InChI=1S/C70H91N15O18.Lu/c1-43(2)49-33-51(58(89)36-56(49)87)66-72-74-69(102)84(66)47-9-5-45(6-10-47)38-76-23-29-82(30-24-76)61(92)16-14-55(86)53(71-60(91)15-13-54(68(100)101)81-27-21-79(41-64(96)97)19-17-78(40-63(94)95)18-20-80(22-28-81)42-65(98)99)35-62(93)83-31-25-77(26-32-83)39-46-7-11-48(12-8-46)85-67(73-75-70(85)103)52-34-50(44(3)4)57(88)37-59(52)90;/h5-12,33-34,36-37,43-44,53-54,87-90H,13-32,35,38-42H2,1-4H3,(H,71,91)(H,74,102)(H,75,103)(H,94,95)(H,96,97)(H,98,99)(H,100,101);/t53-,54+;/m0./s1. The number of aromatic amines is 2. The number of hydrogen-bond acceptors (Lipinski definition) is 22. The third kappa shape index (κ3) is 21.5. The number of carbonyl (C=O) groups excluding carboxylic acids is 4. The van der Waals surface area contributed by atoms with Crippen LogP contribution in [0, 0.1) is 36.9 Å². The molecule has 0 aliphatic carbocycles. The smallest absolute Gasteiger partial charge is 0.348 e. The van der Waals surface area contributed by atoms with Gasteiger partial charge in [-0.15, -0.1) is 0 Å². The molecule has 0 spiro atoms. The van der Waals surface area contributed by atoms with Gasteiger partial charge in [-0.25, -0.2) is 28.9 Å². The molecule has 2 atom stereocenters. The van der Waals surface area contributed by atoms with E-state index in [1.807, 2.05) is 52.0 Å². The van der Waals surface area contributed by atoms with Crippen LogP contribution in [0.25, 0.3) is 34.2 Å². The van der Waals surface area contributed by atoms with Gasteiger partial charge in [-0.3, -0.25) is 67.8 Å². The molecule has 0 saturated carbocycles. The molecule has 11 N–H and O–H groups in total. The number of carboxylic acid groups (broad SMARTS) is 4. The molecule has 9 rings (SSSR count). The molecule has 3 aliphatic rings. The molecule has 0 unspecified atom stereocenters. The first-order valence-electron chi connectivity index (χ1n) is 34.4. The Balaban J connectivity index is 0.0000137. The minimum absolute atomic E-state index is 0. The van der Waals surface area contributed by atoms with Crippen molar-refractivity contribution in [1.82, 2.24) is 74.0 Å². The maximum absolute atomic E-state index is 14.4. The molecule has 569 valence electrons. The number of phenols is 4. The minimum Gasteiger partial charge on any atom is -0.508 e. The number of nitrogens with zero attached hydrogens (tertiary/aromatic N) is 12. The van der Waals surface area contributed by atoms with Gasteiger partial charge >= 0.3 is 35.3 Å². The molecule has 0 bridgehead atoms. The maximum Gasteiger partial charge on any atom is 0.348 e. The number of hydrogen-bond donors (Lipinski definition) is 11. The minimum atomic E-state index is -1.43. The number of piperazine rings is 2. The summed E-state index contributed by atoms with van der Waals surface area (Å²) in [6, 6.07) is 17.2. The van der Waals surface area contributed by atoms with Crippen LogP contribution >= 0.6 is 0 Å². The number of nitrogens with one attached hydrogen (secondary N) is 3. The van der Waals surface area contributed by atoms with Crippen molar-refractivity contribution in [3.05, 3.63) is 116 Å². The number of Topliss-reactive ketones (excluding diaryl/α,β-unsaturated/α-hetero) is 1. The van der Waals surface area contributed by atoms with Crippen LogP contribution in [0.5, 0.6) is 23.0 Å². The van der Waals surface area contributed by atoms with Crippen LogP contribution < -0.4 is 16.7 Å². The molecule has 33 nitrogen and oxygen atoms in total. The number of H-pyrrole nitrogens is 2. The van der Waals surface area contributed by atoms with Gasteiger partial charge in [0.15, 0.2) is 17.4 Å². The molecule has 3 aliphatic heterocycles. The van der Waals surface area contributed by atoms with Crippen LogP contribution in [0.3, 0.4) is 0 Å². The van der Waals surface area contributed by atoms with Crippen molar-refractivity contribution in [3.8, 4) is 57.1 Å². The number of ketones is 1. The molecule has 2 aromatic heterocycles.